The number of hydrogen-bond acceptors (Lipinski definition) is 4. The smallest absolute Gasteiger partial charge is 0.282 e. The van der Waals surface area contributed by atoms with Crippen LogP contribution in [0.4, 0.5) is 5.69 Å². The largest absolute Gasteiger partial charge is 0.396 e. The highest BCUT2D eigenvalue weighted by Gasteiger charge is 2.43. The molecular weight excluding hydrogens is 400 g/mol. The first-order valence-electron chi connectivity index (χ1n) is 11.1. The molecule has 5 rings (SSSR count). The lowest BCUT2D eigenvalue weighted by Crippen LogP contribution is -2.40. The minimum Gasteiger partial charge on any atom is -0.396 e. The van der Waals surface area contributed by atoms with E-state index >= 15 is 0 Å². The molecule has 1 saturated heterocycles. The van der Waals surface area contributed by atoms with Gasteiger partial charge in [-0.15, -0.1) is 0 Å². The predicted octanol–water partition coefficient (Wildman–Crippen LogP) is 4.14. The average molecular weight is 427 g/mol. The van der Waals surface area contributed by atoms with Crippen LogP contribution in [0.3, 0.4) is 0 Å². The normalized spacial score (nSPS) is 19.4. The number of nitrogens with zero attached hydrogens (tertiary/aromatic N) is 2. The Balaban J connectivity index is 1.65. The van der Waals surface area contributed by atoms with E-state index in [4.69, 9.17) is 0 Å². The van der Waals surface area contributed by atoms with Crippen LogP contribution in [0.5, 0.6) is 0 Å². The molecule has 1 fully saturated rings. The first-order chi connectivity index (χ1) is 15.6. The molecule has 2 aliphatic heterocycles. The predicted molar refractivity (Wildman–Crippen MR) is 126 cm³/mol. The summed E-state index contributed by atoms with van der Waals surface area (Å²) in [5, 5.41) is 11.6. The monoisotopic (exact) mass is 426 g/mol. The number of anilines is 1. The van der Waals surface area contributed by atoms with Crippen LogP contribution in [0, 0.1) is 12.8 Å². The van der Waals surface area contributed by atoms with E-state index < -0.39 is 0 Å². The Kier molecular flexibility index (Phi) is 5.27. The number of aliphatic hydroxyl groups excluding tert-OH is 1. The van der Waals surface area contributed by atoms with Crippen molar-refractivity contribution < 1.29 is 14.7 Å². The lowest BCUT2D eigenvalue weighted by molar-refractivity contribution is -0.120. The van der Waals surface area contributed by atoms with Gasteiger partial charge in [0.25, 0.3) is 11.8 Å². The van der Waals surface area contributed by atoms with Crippen molar-refractivity contribution in [3.63, 3.8) is 0 Å². The van der Waals surface area contributed by atoms with Gasteiger partial charge in [0.1, 0.15) is 5.70 Å². The molecule has 0 saturated carbocycles. The maximum Gasteiger partial charge on any atom is 0.282 e. The summed E-state index contributed by atoms with van der Waals surface area (Å²) in [7, 11) is 0. The van der Waals surface area contributed by atoms with Gasteiger partial charge in [0.15, 0.2) is 0 Å². The summed E-state index contributed by atoms with van der Waals surface area (Å²) >= 11 is 0. The third-order valence-corrected chi connectivity index (χ3v) is 6.50. The van der Waals surface area contributed by atoms with E-state index in [9.17, 15) is 14.7 Å². The Morgan fingerprint density at radius 3 is 2.47 bits per heavy atom. The van der Waals surface area contributed by atoms with Crippen molar-refractivity contribution in [1.29, 1.82) is 0 Å². The van der Waals surface area contributed by atoms with Crippen molar-refractivity contribution in [2.45, 2.75) is 19.8 Å². The van der Waals surface area contributed by atoms with Crippen molar-refractivity contribution in [2.24, 2.45) is 5.92 Å². The van der Waals surface area contributed by atoms with E-state index in [1.165, 1.54) is 4.90 Å². The fraction of sp³-hybridized carbons (Fsp3) is 0.259. The van der Waals surface area contributed by atoms with Gasteiger partial charge in [-0.1, -0.05) is 66.2 Å². The highest BCUT2D eigenvalue weighted by atomic mass is 16.3. The number of likely N-dealkylation sites (tertiary alicyclic amines) is 1. The molecule has 0 aliphatic carbocycles. The molecule has 32 heavy (non-hydrogen) atoms. The number of piperidine rings is 1. The second-order valence-electron chi connectivity index (χ2n) is 8.67. The number of carbonyl (C=O) groups excluding carboxylic acids is 2. The topological polar surface area (TPSA) is 60.9 Å². The molecule has 0 bridgehead atoms. The van der Waals surface area contributed by atoms with Gasteiger partial charge in [-0.2, -0.15) is 0 Å². The minimum absolute atomic E-state index is 0.0822. The highest BCUT2D eigenvalue weighted by molar-refractivity contribution is 6.46. The number of aliphatic hydroxyl groups is 1. The zero-order chi connectivity index (χ0) is 22.2. The number of benzene rings is 3. The number of rotatable bonds is 4. The summed E-state index contributed by atoms with van der Waals surface area (Å²) in [6.45, 7) is 3.35. The molecule has 1 N–H and O–H groups in total. The van der Waals surface area contributed by atoms with Crippen LogP contribution < -0.4 is 4.90 Å². The molecule has 1 atom stereocenters. The number of aryl methyl sites for hydroxylation is 1. The number of imide groups is 1. The molecule has 0 aromatic heterocycles. The van der Waals surface area contributed by atoms with Crippen LogP contribution >= 0.6 is 0 Å². The zero-order valence-electron chi connectivity index (χ0n) is 18.1. The Morgan fingerprint density at radius 2 is 1.69 bits per heavy atom. The third-order valence-electron chi connectivity index (χ3n) is 6.50. The molecule has 5 nitrogen and oxygen atoms in total. The first-order valence-corrected chi connectivity index (χ1v) is 11.1. The second kappa shape index (κ2) is 8.24. The first kappa shape index (κ1) is 20.5. The number of amides is 2. The van der Waals surface area contributed by atoms with Crippen molar-refractivity contribution in [2.75, 3.05) is 24.6 Å². The molecule has 3 aromatic carbocycles. The van der Waals surface area contributed by atoms with Gasteiger partial charge < -0.3 is 10.0 Å². The van der Waals surface area contributed by atoms with Gasteiger partial charge in [0, 0.05) is 25.1 Å². The Bertz CT molecular complexity index is 1220. The Morgan fingerprint density at radius 1 is 0.938 bits per heavy atom. The van der Waals surface area contributed by atoms with Crippen LogP contribution in [-0.2, 0) is 9.59 Å². The number of carbonyl (C=O) groups is 2. The Labute approximate surface area is 187 Å². The van der Waals surface area contributed by atoms with E-state index in [-0.39, 0.29) is 24.3 Å². The summed E-state index contributed by atoms with van der Waals surface area (Å²) in [6, 6.07) is 21.2. The van der Waals surface area contributed by atoms with E-state index in [0.717, 1.165) is 34.7 Å². The van der Waals surface area contributed by atoms with Crippen molar-refractivity contribution in [3.8, 4) is 0 Å². The van der Waals surface area contributed by atoms with E-state index in [1.807, 2.05) is 78.6 Å². The molecule has 0 radical (unpaired) electrons. The Hall–Kier alpha value is -3.44. The lowest BCUT2D eigenvalue weighted by atomic mass is 9.96. The quantitative estimate of drug-likeness (QED) is 0.637. The van der Waals surface area contributed by atoms with E-state index in [1.54, 1.807) is 0 Å². The standard InChI is InChI=1S/C27H26N2O3/c1-18-11-13-21(14-12-18)24-25(28-15-5-6-19(16-28)17-30)27(32)29(26(24)31)23-10-4-8-20-7-2-3-9-22(20)23/h2-4,7-14,19,30H,5-6,15-17H2,1H3. The summed E-state index contributed by atoms with van der Waals surface area (Å²) in [4.78, 5) is 31.0. The van der Waals surface area contributed by atoms with Crippen LogP contribution in [0.15, 0.2) is 72.4 Å². The molecule has 3 aromatic rings. The maximum absolute atomic E-state index is 13.8. The van der Waals surface area contributed by atoms with Crippen molar-refractivity contribution in [1.82, 2.24) is 4.90 Å². The molecule has 1 unspecified atom stereocenters. The third kappa shape index (κ3) is 3.39. The van der Waals surface area contributed by atoms with Crippen molar-refractivity contribution >= 4 is 33.8 Å². The van der Waals surface area contributed by atoms with Gasteiger partial charge in [0.05, 0.1) is 11.3 Å². The summed E-state index contributed by atoms with van der Waals surface area (Å²) in [6.07, 6.45) is 1.81. The summed E-state index contributed by atoms with van der Waals surface area (Å²) < 4.78 is 0. The van der Waals surface area contributed by atoms with Crippen LogP contribution in [-0.4, -0.2) is 41.5 Å². The van der Waals surface area contributed by atoms with Gasteiger partial charge in [-0.05, 0) is 42.7 Å². The molecule has 2 amide bonds. The lowest BCUT2D eigenvalue weighted by Gasteiger charge is -2.34. The maximum atomic E-state index is 13.8. The highest BCUT2D eigenvalue weighted by Crippen LogP contribution is 2.38. The molecule has 2 heterocycles. The van der Waals surface area contributed by atoms with Gasteiger partial charge >= 0.3 is 0 Å². The summed E-state index contributed by atoms with van der Waals surface area (Å²) in [5.41, 5.74) is 3.34. The molecule has 0 spiro atoms. The zero-order valence-corrected chi connectivity index (χ0v) is 18.1. The summed E-state index contributed by atoms with van der Waals surface area (Å²) in [5.74, 6) is -0.484. The van der Waals surface area contributed by atoms with Gasteiger partial charge in [-0.25, -0.2) is 4.90 Å². The minimum atomic E-state index is -0.295. The molecule has 2 aliphatic rings. The second-order valence-corrected chi connectivity index (χ2v) is 8.67. The molecule has 5 heteroatoms. The van der Waals surface area contributed by atoms with Crippen molar-refractivity contribution in [3.05, 3.63) is 83.6 Å². The fourth-order valence-corrected chi connectivity index (χ4v) is 4.83. The van der Waals surface area contributed by atoms with Crippen LogP contribution in [0.1, 0.15) is 24.0 Å². The van der Waals surface area contributed by atoms with E-state index in [2.05, 4.69) is 0 Å². The number of hydrogen-bond donors (Lipinski definition) is 1. The van der Waals surface area contributed by atoms with Crippen LogP contribution in [0.25, 0.3) is 16.3 Å². The fourth-order valence-electron chi connectivity index (χ4n) is 4.83. The SMILES string of the molecule is Cc1ccc(C2=C(N3CCCC(CO)C3)C(=O)N(c3cccc4ccccc34)C2=O)cc1. The number of fused-ring (bicyclic) bond motifs is 1. The molecule has 162 valence electrons. The van der Waals surface area contributed by atoms with E-state index in [0.29, 0.717) is 30.0 Å². The van der Waals surface area contributed by atoms with Gasteiger partial charge in [-0.3, -0.25) is 9.59 Å². The average Bonchev–Trinajstić information content (AvgIpc) is 3.09. The van der Waals surface area contributed by atoms with Gasteiger partial charge in [0.2, 0.25) is 0 Å². The van der Waals surface area contributed by atoms with Crippen LogP contribution in [0.2, 0.25) is 0 Å². The molecular formula is C27H26N2O3.